The van der Waals surface area contributed by atoms with Crippen molar-refractivity contribution in [1.29, 1.82) is 0 Å². The third-order valence-electron chi connectivity index (χ3n) is 8.68. The predicted molar refractivity (Wildman–Crippen MR) is 157 cm³/mol. The number of benzene rings is 1. The SMILES string of the molecule is Cc1cncc(-c2nc(C3NOC(=O)N3)nc3nc(N4CCOC[C@H]4c4ccccc4)n(CC4CCC(C)CC4)c23)c1. The molecule has 2 N–H and O–H groups in total. The Labute approximate surface area is 244 Å². The number of pyridine rings is 1. The average molecular weight is 569 g/mol. The van der Waals surface area contributed by atoms with E-state index in [9.17, 15) is 4.79 Å². The number of ether oxygens (including phenoxy) is 1. The summed E-state index contributed by atoms with van der Waals surface area (Å²) in [4.78, 5) is 38.8. The molecule has 11 heteroatoms. The van der Waals surface area contributed by atoms with Crippen molar-refractivity contribution in [3.8, 4) is 11.3 Å². The largest absolute Gasteiger partial charge is 0.427 e. The molecule has 5 heterocycles. The van der Waals surface area contributed by atoms with Crippen LogP contribution in [0.1, 0.15) is 61.8 Å². The molecule has 1 amide bonds. The van der Waals surface area contributed by atoms with E-state index in [1.54, 1.807) is 0 Å². The molecule has 0 spiro atoms. The van der Waals surface area contributed by atoms with Crippen LogP contribution in [0.3, 0.4) is 0 Å². The fraction of sp³-hybridized carbons (Fsp3) is 0.452. The Morgan fingerprint density at radius 1 is 1.05 bits per heavy atom. The van der Waals surface area contributed by atoms with E-state index in [-0.39, 0.29) is 6.04 Å². The number of carbonyl (C=O) groups excluding carboxylic acids is 1. The maximum atomic E-state index is 11.9. The first-order chi connectivity index (χ1) is 20.5. The van der Waals surface area contributed by atoms with Gasteiger partial charge < -0.3 is 19.0 Å². The monoisotopic (exact) mass is 568 g/mol. The molecule has 3 fully saturated rings. The number of hydrogen-bond acceptors (Lipinski definition) is 9. The van der Waals surface area contributed by atoms with Gasteiger partial charge in [0.15, 0.2) is 17.6 Å². The summed E-state index contributed by atoms with van der Waals surface area (Å²) in [5.41, 5.74) is 7.99. The van der Waals surface area contributed by atoms with Crippen LogP contribution in [-0.2, 0) is 16.1 Å². The van der Waals surface area contributed by atoms with E-state index in [0.29, 0.717) is 37.1 Å². The second kappa shape index (κ2) is 11.3. The quantitative estimate of drug-likeness (QED) is 0.337. The van der Waals surface area contributed by atoms with Gasteiger partial charge in [0.1, 0.15) is 11.2 Å². The molecule has 0 radical (unpaired) electrons. The number of carbonyl (C=O) groups is 1. The summed E-state index contributed by atoms with van der Waals surface area (Å²) in [6, 6.07) is 12.6. The molecule has 1 aromatic carbocycles. The highest BCUT2D eigenvalue weighted by molar-refractivity contribution is 5.90. The lowest BCUT2D eigenvalue weighted by Crippen LogP contribution is -2.41. The Morgan fingerprint density at radius 2 is 1.88 bits per heavy atom. The maximum Gasteiger partial charge on any atom is 0.427 e. The third-order valence-corrected chi connectivity index (χ3v) is 8.68. The molecule has 42 heavy (non-hydrogen) atoms. The van der Waals surface area contributed by atoms with Crippen LogP contribution in [0, 0.1) is 18.8 Å². The topological polar surface area (TPSA) is 119 Å². The molecule has 3 aliphatic rings. The fourth-order valence-electron chi connectivity index (χ4n) is 6.42. The minimum atomic E-state index is -0.688. The van der Waals surface area contributed by atoms with Crippen molar-refractivity contribution in [1.82, 2.24) is 35.3 Å². The number of rotatable bonds is 6. The fourth-order valence-corrected chi connectivity index (χ4v) is 6.42. The lowest BCUT2D eigenvalue weighted by molar-refractivity contribution is 0.0927. The first-order valence-corrected chi connectivity index (χ1v) is 14.9. The number of nitrogens with one attached hydrogen (secondary N) is 2. The highest BCUT2D eigenvalue weighted by Gasteiger charge is 2.34. The lowest BCUT2D eigenvalue weighted by Gasteiger charge is -2.37. The summed E-state index contributed by atoms with van der Waals surface area (Å²) in [6.45, 7) is 7.11. The summed E-state index contributed by atoms with van der Waals surface area (Å²) < 4.78 is 8.33. The Balaban J connectivity index is 1.42. The van der Waals surface area contributed by atoms with Crippen LogP contribution in [-0.4, -0.2) is 50.4 Å². The zero-order chi connectivity index (χ0) is 28.6. The van der Waals surface area contributed by atoms with Gasteiger partial charge in [-0.05, 0) is 48.8 Å². The number of morpholine rings is 1. The summed E-state index contributed by atoms with van der Waals surface area (Å²) in [6.07, 6.45) is 7.24. The van der Waals surface area contributed by atoms with Crippen LogP contribution in [0.25, 0.3) is 22.4 Å². The Kier molecular flexibility index (Phi) is 7.20. The van der Waals surface area contributed by atoms with Crippen molar-refractivity contribution >= 4 is 23.2 Å². The van der Waals surface area contributed by atoms with Gasteiger partial charge in [-0.15, -0.1) is 5.48 Å². The number of imidazole rings is 1. The van der Waals surface area contributed by atoms with Crippen LogP contribution < -0.4 is 15.7 Å². The van der Waals surface area contributed by atoms with Crippen molar-refractivity contribution < 1.29 is 14.4 Å². The molecule has 2 saturated heterocycles. The van der Waals surface area contributed by atoms with E-state index in [2.05, 4.69) is 62.5 Å². The van der Waals surface area contributed by atoms with Crippen molar-refractivity contribution in [2.45, 2.75) is 58.3 Å². The van der Waals surface area contributed by atoms with Gasteiger partial charge in [0.2, 0.25) is 5.95 Å². The molecule has 0 bridgehead atoms. The smallest absolute Gasteiger partial charge is 0.377 e. The van der Waals surface area contributed by atoms with Crippen LogP contribution in [0.4, 0.5) is 10.7 Å². The van der Waals surface area contributed by atoms with Gasteiger partial charge in [-0.3, -0.25) is 10.3 Å². The Morgan fingerprint density at radius 3 is 2.64 bits per heavy atom. The van der Waals surface area contributed by atoms with Crippen LogP contribution >= 0.6 is 0 Å². The zero-order valence-electron chi connectivity index (χ0n) is 24.0. The van der Waals surface area contributed by atoms with Gasteiger partial charge in [-0.1, -0.05) is 50.1 Å². The number of nitrogens with zero attached hydrogens (tertiary/aromatic N) is 6. The van der Waals surface area contributed by atoms with Gasteiger partial charge in [0.25, 0.3) is 0 Å². The Hall–Kier alpha value is -4.09. The van der Waals surface area contributed by atoms with Crippen molar-refractivity contribution in [2.75, 3.05) is 24.7 Å². The van der Waals surface area contributed by atoms with Gasteiger partial charge in [0.05, 0.1) is 19.3 Å². The highest BCUT2D eigenvalue weighted by atomic mass is 16.7. The normalized spacial score (nSPS) is 24.5. The predicted octanol–water partition coefficient (Wildman–Crippen LogP) is 4.84. The summed E-state index contributed by atoms with van der Waals surface area (Å²) in [5, 5.41) is 2.73. The first kappa shape index (κ1) is 26.8. The Bertz CT molecular complexity index is 1580. The van der Waals surface area contributed by atoms with E-state index < -0.39 is 12.3 Å². The molecule has 2 aliphatic heterocycles. The van der Waals surface area contributed by atoms with E-state index in [0.717, 1.165) is 40.7 Å². The molecule has 4 aromatic rings. The lowest BCUT2D eigenvalue weighted by atomic mass is 9.83. The minimum Gasteiger partial charge on any atom is -0.377 e. The van der Waals surface area contributed by atoms with Crippen molar-refractivity contribution in [2.24, 2.45) is 11.8 Å². The average Bonchev–Trinajstić information content (AvgIpc) is 3.62. The molecular formula is C31H36N8O3. The number of hydroxylamine groups is 1. The summed E-state index contributed by atoms with van der Waals surface area (Å²) >= 11 is 0. The van der Waals surface area contributed by atoms with E-state index in [1.807, 2.05) is 25.4 Å². The second-order valence-electron chi connectivity index (χ2n) is 11.8. The van der Waals surface area contributed by atoms with Gasteiger partial charge in [-0.25, -0.2) is 14.8 Å². The second-order valence-corrected chi connectivity index (χ2v) is 11.8. The van der Waals surface area contributed by atoms with Gasteiger partial charge >= 0.3 is 6.09 Å². The van der Waals surface area contributed by atoms with E-state index >= 15 is 0 Å². The zero-order valence-corrected chi connectivity index (χ0v) is 24.0. The molecule has 7 rings (SSSR count). The standard InChI is InChI=1S/C31H36N8O3/c1-19-8-10-21(11-9-19)17-39-26-25(23-14-20(2)15-32-16-23)33-28(29-36-31(40)42-37-29)34-27(26)35-30(39)38-12-13-41-18-24(38)22-6-4-3-5-7-22/h3-7,14-16,19,21,24,29,37H,8-13,17-18H2,1-2H3,(H,36,40)/t19?,21?,24-,29?/m0/s1. The molecule has 11 nitrogen and oxygen atoms in total. The highest BCUT2D eigenvalue weighted by Crippen LogP contribution is 2.38. The minimum absolute atomic E-state index is 0.0163. The van der Waals surface area contributed by atoms with E-state index in [1.165, 1.54) is 31.2 Å². The van der Waals surface area contributed by atoms with Crippen molar-refractivity contribution in [3.05, 3.63) is 65.7 Å². The molecule has 218 valence electrons. The van der Waals surface area contributed by atoms with E-state index in [4.69, 9.17) is 24.5 Å². The molecule has 1 aliphatic carbocycles. The van der Waals surface area contributed by atoms with Crippen molar-refractivity contribution in [3.63, 3.8) is 0 Å². The number of hydrogen-bond donors (Lipinski definition) is 2. The van der Waals surface area contributed by atoms with Gasteiger partial charge in [0, 0.05) is 31.0 Å². The van der Waals surface area contributed by atoms with Crippen LogP contribution in [0.15, 0.2) is 48.8 Å². The molecule has 1 unspecified atom stereocenters. The summed E-state index contributed by atoms with van der Waals surface area (Å²) in [5.74, 6) is 2.54. The number of anilines is 1. The molecule has 1 saturated carbocycles. The number of aromatic nitrogens is 5. The maximum absolute atomic E-state index is 11.9. The third kappa shape index (κ3) is 5.18. The number of aryl methyl sites for hydroxylation is 1. The molecular weight excluding hydrogens is 532 g/mol. The molecule has 2 atom stereocenters. The number of fused-ring (bicyclic) bond motifs is 1. The van der Waals surface area contributed by atoms with Crippen LogP contribution in [0.2, 0.25) is 0 Å². The molecule has 3 aromatic heterocycles. The van der Waals surface area contributed by atoms with Gasteiger partial charge in [-0.2, -0.15) is 4.98 Å². The first-order valence-electron chi connectivity index (χ1n) is 14.9. The van der Waals surface area contributed by atoms with Crippen LogP contribution in [0.5, 0.6) is 0 Å². The summed E-state index contributed by atoms with van der Waals surface area (Å²) in [7, 11) is 0. The number of amides is 1.